The van der Waals surface area contributed by atoms with Crippen molar-refractivity contribution in [1.29, 1.82) is 0 Å². The Morgan fingerprint density at radius 2 is 2.08 bits per heavy atom. The van der Waals surface area contributed by atoms with Crippen LogP contribution in [0, 0.1) is 5.92 Å². The van der Waals surface area contributed by atoms with Crippen molar-refractivity contribution in [2.75, 3.05) is 39.3 Å². The molecule has 1 aromatic heterocycles. The largest absolute Gasteiger partial charge is 0.357 e. The predicted molar refractivity (Wildman–Crippen MR) is 108 cm³/mol. The van der Waals surface area contributed by atoms with Crippen LogP contribution in [0.2, 0.25) is 0 Å². The lowest BCUT2D eigenvalue weighted by molar-refractivity contribution is 0.150. The van der Waals surface area contributed by atoms with Crippen molar-refractivity contribution in [2.24, 2.45) is 18.0 Å². The summed E-state index contributed by atoms with van der Waals surface area (Å²) in [4.78, 5) is 10.0. The number of piperidine rings is 1. The van der Waals surface area contributed by atoms with Gasteiger partial charge in [0.05, 0.1) is 12.7 Å². The van der Waals surface area contributed by atoms with Crippen LogP contribution in [0.5, 0.6) is 0 Å². The van der Waals surface area contributed by atoms with Crippen LogP contribution in [0.4, 0.5) is 0 Å². The predicted octanol–water partition coefficient (Wildman–Crippen LogP) is 2.30. The average Bonchev–Trinajstić information content (AvgIpc) is 3.28. The van der Waals surface area contributed by atoms with Gasteiger partial charge < -0.3 is 10.2 Å². The first-order chi connectivity index (χ1) is 12.6. The zero-order valence-electron chi connectivity index (χ0n) is 17.0. The molecule has 6 nitrogen and oxygen atoms in total. The van der Waals surface area contributed by atoms with Gasteiger partial charge in [-0.3, -0.25) is 14.6 Å². The number of guanidine groups is 1. The van der Waals surface area contributed by atoms with Crippen LogP contribution in [0.3, 0.4) is 0 Å². The topological polar surface area (TPSA) is 48.7 Å². The number of nitrogens with one attached hydrogen (secondary N) is 1. The van der Waals surface area contributed by atoms with Crippen LogP contribution >= 0.6 is 0 Å². The average molecular weight is 361 g/mol. The molecule has 2 aliphatic heterocycles. The number of nitrogens with zero attached hydrogens (tertiary/aromatic N) is 5. The van der Waals surface area contributed by atoms with E-state index in [0.717, 1.165) is 38.1 Å². The second-order valence-corrected chi connectivity index (χ2v) is 8.14. The van der Waals surface area contributed by atoms with Crippen molar-refractivity contribution >= 4 is 5.96 Å². The van der Waals surface area contributed by atoms with E-state index in [4.69, 9.17) is 4.99 Å². The van der Waals surface area contributed by atoms with Crippen molar-refractivity contribution in [1.82, 2.24) is 24.9 Å². The molecule has 0 amide bonds. The van der Waals surface area contributed by atoms with Gasteiger partial charge in [-0.25, -0.2) is 0 Å². The van der Waals surface area contributed by atoms with Gasteiger partial charge in [-0.1, -0.05) is 6.92 Å². The summed E-state index contributed by atoms with van der Waals surface area (Å²) in [7, 11) is 1.99. The summed E-state index contributed by atoms with van der Waals surface area (Å²) >= 11 is 0. The highest BCUT2D eigenvalue weighted by Gasteiger charge is 2.27. The van der Waals surface area contributed by atoms with Gasteiger partial charge in [-0.15, -0.1) is 0 Å². The van der Waals surface area contributed by atoms with Crippen molar-refractivity contribution in [2.45, 2.75) is 52.0 Å². The van der Waals surface area contributed by atoms with E-state index in [1.807, 2.05) is 17.9 Å². The summed E-state index contributed by atoms with van der Waals surface area (Å²) in [6, 6.07) is 0.521. The molecule has 2 saturated heterocycles. The molecule has 0 radical (unpaired) electrons. The highest BCUT2D eigenvalue weighted by molar-refractivity contribution is 5.80. The Hall–Kier alpha value is -1.56. The normalized spacial score (nSPS) is 24.2. The summed E-state index contributed by atoms with van der Waals surface area (Å²) in [6.07, 6.45) is 7.99. The molecule has 26 heavy (non-hydrogen) atoms. The molecule has 2 atom stereocenters. The highest BCUT2D eigenvalue weighted by Crippen LogP contribution is 2.26. The third-order valence-corrected chi connectivity index (χ3v) is 5.97. The van der Waals surface area contributed by atoms with Crippen LogP contribution in [-0.4, -0.2) is 70.9 Å². The maximum Gasteiger partial charge on any atom is 0.193 e. The Kier molecular flexibility index (Phi) is 6.57. The van der Waals surface area contributed by atoms with Gasteiger partial charge in [-0.05, 0) is 57.7 Å². The summed E-state index contributed by atoms with van der Waals surface area (Å²) in [5.74, 6) is 2.53. The lowest BCUT2D eigenvalue weighted by Gasteiger charge is -2.34. The smallest absolute Gasteiger partial charge is 0.193 e. The molecule has 0 saturated carbocycles. The molecule has 3 heterocycles. The fraction of sp³-hybridized carbons (Fsp3) is 0.800. The van der Waals surface area contributed by atoms with Gasteiger partial charge in [-0.2, -0.15) is 5.10 Å². The van der Waals surface area contributed by atoms with Crippen molar-refractivity contribution in [3.05, 3.63) is 18.0 Å². The third kappa shape index (κ3) is 4.78. The minimum Gasteiger partial charge on any atom is -0.357 e. The minimum atomic E-state index is 0.521. The summed E-state index contributed by atoms with van der Waals surface area (Å²) in [6.45, 7) is 13.2. The summed E-state index contributed by atoms with van der Waals surface area (Å²) < 4.78 is 1.90. The molecule has 2 fully saturated rings. The van der Waals surface area contributed by atoms with Crippen LogP contribution in [0.25, 0.3) is 0 Å². The molecule has 2 unspecified atom stereocenters. The Labute approximate surface area is 158 Å². The highest BCUT2D eigenvalue weighted by atomic mass is 15.3. The Morgan fingerprint density at radius 1 is 1.31 bits per heavy atom. The molecule has 2 aliphatic rings. The van der Waals surface area contributed by atoms with Gasteiger partial charge in [0.1, 0.15) is 0 Å². The fourth-order valence-corrected chi connectivity index (χ4v) is 4.10. The number of aliphatic imine (C=N–C) groups is 1. The zero-order valence-corrected chi connectivity index (χ0v) is 17.0. The van der Waals surface area contributed by atoms with Crippen LogP contribution in [0.15, 0.2) is 17.4 Å². The molecule has 0 spiro atoms. The van der Waals surface area contributed by atoms with E-state index >= 15 is 0 Å². The number of hydrogen-bond donors (Lipinski definition) is 1. The summed E-state index contributed by atoms with van der Waals surface area (Å²) in [5.41, 5.74) is 1.35. The second-order valence-electron chi connectivity index (χ2n) is 8.14. The first-order valence-electron chi connectivity index (χ1n) is 10.3. The molecule has 1 N–H and O–H groups in total. The summed E-state index contributed by atoms with van der Waals surface area (Å²) in [5, 5.41) is 7.83. The van der Waals surface area contributed by atoms with E-state index in [-0.39, 0.29) is 0 Å². The third-order valence-electron chi connectivity index (χ3n) is 5.97. The molecule has 0 aromatic carbocycles. The molecule has 0 bridgehead atoms. The Bertz CT molecular complexity index is 587. The van der Waals surface area contributed by atoms with E-state index < -0.39 is 0 Å². The van der Waals surface area contributed by atoms with E-state index in [2.05, 4.69) is 47.2 Å². The van der Waals surface area contributed by atoms with Crippen LogP contribution in [0.1, 0.15) is 51.5 Å². The number of rotatable bonds is 5. The molecule has 146 valence electrons. The first kappa shape index (κ1) is 19.2. The molecular weight excluding hydrogens is 324 g/mol. The maximum absolute atomic E-state index is 4.99. The van der Waals surface area contributed by atoms with Gasteiger partial charge in [0, 0.05) is 44.8 Å². The van der Waals surface area contributed by atoms with E-state index in [9.17, 15) is 0 Å². The van der Waals surface area contributed by atoms with Crippen molar-refractivity contribution in [3.8, 4) is 0 Å². The number of aromatic nitrogens is 2. The van der Waals surface area contributed by atoms with E-state index in [0.29, 0.717) is 12.0 Å². The maximum atomic E-state index is 4.99. The number of aryl methyl sites for hydroxylation is 1. The second kappa shape index (κ2) is 8.89. The lowest BCUT2D eigenvalue weighted by atomic mass is 9.98. The molecule has 0 aliphatic carbocycles. The van der Waals surface area contributed by atoms with Gasteiger partial charge in [0.25, 0.3) is 0 Å². The monoisotopic (exact) mass is 360 g/mol. The van der Waals surface area contributed by atoms with Gasteiger partial charge in [0.2, 0.25) is 0 Å². The zero-order chi connectivity index (χ0) is 18.5. The SMILES string of the molecule is CCNC(=NCC(C)N1CCC(C)CC1)N1CCC(c2cnn(C)c2)C1. The Morgan fingerprint density at radius 3 is 2.73 bits per heavy atom. The van der Waals surface area contributed by atoms with E-state index in [1.54, 1.807) is 0 Å². The quantitative estimate of drug-likeness (QED) is 0.647. The first-order valence-corrected chi connectivity index (χ1v) is 10.3. The Balaban J connectivity index is 1.57. The van der Waals surface area contributed by atoms with E-state index in [1.165, 1.54) is 37.9 Å². The standard InChI is InChI=1S/C20H36N6/c1-5-21-20(22-12-17(3)25-9-6-16(2)7-10-25)26-11-8-18(15-26)19-13-23-24(4)14-19/h13-14,16-18H,5-12,15H2,1-4H3,(H,21,22). The fourth-order valence-electron chi connectivity index (χ4n) is 4.10. The van der Waals surface area contributed by atoms with Crippen LogP contribution in [-0.2, 0) is 7.05 Å². The van der Waals surface area contributed by atoms with Crippen molar-refractivity contribution < 1.29 is 0 Å². The molecule has 6 heteroatoms. The lowest BCUT2D eigenvalue weighted by Crippen LogP contribution is -2.43. The van der Waals surface area contributed by atoms with Crippen molar-refractivity contribution in [3.63, 3.8) is 0 Å². The van der Waals surface area contributed by atoms with Gasteiger partial charge >= 0.3 is 0 Å². The molecular formula is C20H36N6. The van der Waals surface area contributed by atoms with Gasteiger partial charge in [0.15, 0.2) is 5.96 Å². The minimum absolute atomic E-state index is 0.521. The van der Waals surface area contributed by atoms with Crippen LogP contribution < -0.4 is 5.32 Å². The molecule has 3 rings (SSSR count). The number of hydrogen-bond acceptors (Lipinski definition) is 3. The molecule has 1 aromatic rings. The number of likely N-dealkylation sites (tertiary alicyclic amines) is 2.